The van der Waals surface area contributed by atoms with Crippen LogP contribution in [0.5, 0.6) is 0 Å². The molecule has 0 N–H and O–H groups in total. The second kappa shape index (κ2) is 4.66. The molecule has 1 saturated heterocycles. The lowest BCUT2D eigenvalue weighted by atomic mass is 10.2. The van der Waals surface area contributed by atoms with Crippen LogP contribution in [0.4, 0.5) is 4.79 Å². The molecule has 1 atom stereocenters. The van der Waals surface area contributed by atoms with E-state index in [0.717, 1.165) is 0 Å². The number of carbonyl (C=O) groups excluding carboxylic acids is 1. The molecule has 1 rings (SSSR count). The molecule has 15 heavy (non-hydrogen) atoms. The second-order valence-electron chi connectivity index (χ2n) is 4.57. The maximum absolute atomic E-state index is 11.7. The predicted octanol–water partition coefficient (Wildman–Crippen LogP) is 1.81. The molecule has 0 aliphatic carbocycles. The number of hydrogen-bond donors (Lipinski definition) is 0. The van der Waals surface area contributed by atoms with E-state index >= 15 is 0 Å². The Hall–Kier alpha value is -1.03. The fourth-order valence-electron chi connectivity index (χ4n) is 1.31. The van der Waals surface area contributed by atoms with E-state index in [1.807, 2.05) is 20.8 Å². The highest BCUT2D eigenvalue weighted by molar-refractivity contribution is 5.68. The molecule has 0 saturated carbocycles. The average molecular weight is 213 g/mol. The minimum atomic E-state index is -0.445. The zero-order valence-electron chi connectivity index (χ0n) is 9.66. The van der Waals surface area contributed by atoms with Gasteiger partial charge in [-0.15, -0.1) is 6.58 Å². The molecule has 0 spiro atoms. The lowest BCUT2D eigenvalue weighted by molar-refractivity contribution is -0.0262. The van der Waals surface area contributed by atoms with Crippen molar-refractivity contribution in [1.82, 2.24) is 4.90 Å². The van der Waals surface area contributed by atoms with Crippen LogP contribution in [-0.2, 0) is 9.47 Å². The first-order chi connectivity index (χ1) is 6.92. The summed E-state index contributed by atoms with van der Waals surface area (Å²) in [6.07, 6.45) is 1.35. The molecule has 1 amide bonds. The first kappa shape index (κ1) is 12.0. The maximum Gasteiger partial charge on any atom is 0.410 e. The third-order valence-corrected chi connectivity index (χ3v) is 2.01. The summed E-state index contributed by atoms with van der Waals surface area (Å²) >= 11 is 0. The molecule has 86 valence electrons. The van der Waals surface area contributed by atoms with Crippen LogP contribution < -0.4 is 0 Å². The lowest BCUT2D eigenvalue weighted by Gasteiger charge is -2.33. The molecule has 0 aromatic carbocycles. The molecule has 0 radical (unpaired) electrons. The number of amides is 1. The maximum atomic E-state index is 11.7. The molecule has 0 aromatic rings. The first-order valence-electron chi connectivity index (χ1n) is 5.14. The van der Waals surface area contributed by atoms with Crippen LogP contribution in [0.3, 0.4) is 0 Å². The van der Waals surface area contributed by atoms with E-state index in [1.54, 1.807) is 11.0 Å². The quantitative estimate of drug-likeness (QED) is 0.623. The highest BCUT2D eigenvalue weighted by atomic mass is 16.6. The summed E-state index contributed by atoms with van der Waals surface area (Å²) in [6.45, 7) is 10.9. The molecule has 0 bridgehead atoms. The fraction of sp³-hybridized carbons (Fsp3) is 0.727. The third-order valence-electron chi connectivity index (χ3n) is 2.01. The van der Waals surface area contributed by atoms with Crippen molar-refractivity contribution in [3.8, 4) is 0 Å². The molecule has 1 aliphatic rings. The standard InChI is InChI=1S/C11H19NO3/c1-5-9-8-12(6-7-14-9)10(13)15-11(2,3)4/h5,9H,1,6-8H2,2-4H3/t9-/m0/s1. The number of hydrogen-bond acceptors (Lipinski definition) is 3. The molecule has 4 heteroatoms. The van der Waals surface area contributed by atoms with E-state index in [0.29, 0.717) is 19.7 Å². The van der Waals surface area contributed by atoms with Gasteiger partial charge in [-0.3, -0.25) is 0 Å². The summed E-state index contributed by atoms with van der Waals surface area (Å²) in [5.74, 6) is 0. The summed E-state index contributed by atoms with van der Waals surface area (Å²) in [5, 5.41) is 0. The summed E-state index contributed by atoms with van der Waals surface area (Å²) in [5.41, 5.74) is -0.445. The largest absolute Gasteiger partial charge is 0.444 e. The van der Waals surface area contributed by atoms with Gasteiger partial charge in [-0.1, -0.05) is 6.08 Å². The van der Waals surface area contributed by atoms with Gasteiger partial charge in [-0.25, -0.2) is 4.79 Å². The van der Waals surface area contributed by atoms with Crippen molar-refractivity contribution < 1.29 is 14.3 Å². The average Bonchev–Trinajstić information content (AvgIpc) is 2.15. The van der Waals surface area contributed by atoms with E-state index in [4.69, 9.17) is 9.47 Å². The Morgan fingerprint density at radius 2 is 2.27 bits per heavy atom. The van der Waals surface area contributed by atoms with Gasteiger partial charge >= 0.3 is 6.09 Å². The Balaban J connectivity index is 2.49. The molecule has 0 aromatic heterocycles. The molecular formula is C11H19NO3. The Bertz CT molecular complexity index is 245. The SMILES string of the molecule is C=C[C@H]1CN(C(=O)OC(C)(C)C)CCO1. The molecular weight excluding hydrogens is 194 g/mol. The van der Waals surface area contributed by atoms with Crippen molar-refractivity contribution in [3.05, 3.63) is 12.7 Å². The van der Waals surface area contributed by atoms with Gasteiger partial charge in [0.2, 0.25) is 0 Å². The number of nitrogens with zero attached hydrogens (tertiary/aromatic N) is 1. The molecule has 4 nitrogen and oxygen atoms in total. The molecule has 1 aliphatic heterocycles. The predicted molar refractivity (Wildman–Crippen MR) is 57.7 cm³/mol. The van der Waals surface area contributed by atoms with Crippen molar-refractivity contribution in [2.75, 3.05) is 19.7 Å². The number of carbonyl (C=O) groups is 1. The van der Waals surface area contributed by atoms with Crippen molar-refractivity contribution in [1.29, 1.82) is 0 Å². The Labute approximate surface area is 90.8 Å². The van der Waals surface area contributed by atoms with E-state index in [-0.39, 0.29) is 12.2 Å². The lowest BCUT2D eigenvalue weighted by Crippen LogP contribution is -2.46. The van der Waals surface area contributed by atoms with E-state index in [2.05, 4.69) is 6.58 Å². The Morgan fingerprint density at radius 1 is 1.60 bits per heavy atom. The summed E-state index contributed by atoms with van der Waals surface area (Å²) < 4.78 is 10.6. The number of ether oxygens (including phenoxy) is 2. The van der Waals surface area contributed by atoms with Crippen molar-refractivity contribution in [2.24, 2.45) is 0 Å². The van der Waals surface area contributed by atoms with Gasteiger partial charge < -0.3 is 14.4 Å². The van der Waals surface area contributed by atoms with Crippen molar-refractivity contribution in [2.45, 2.75) is 32.5 Å². The highest BCUT2D eigenvalue weighted by Gasteiger charge is 2.26. The van der Waals surface area contributed by atoms with Crippen LogP contribution in [0.15, 0.2) is 12.7 Å². The van der Waals surface area contributed by atoms with Gasteiger partial charge in [0.05, 0.1) is 19.3 Å². The van der Waals surface area contributed by atoms with Crippen molar-refractivity contribution >= 4 is 6.09 Å². The Morgan fingerprint density at radius 3 is 2.80 bits per heavy atom. The van der Waals surface area contributed by atoms with Gasteiger partial charge in [0.15, 0.2) is 0 Å². The smallest absolute Gasteiger partial charge is 0.410 e. The molecule has 0 unspecified atom stereocenters. The van der Waals surface area contributed by atoms with E-state index < -0.39 is 5.60 Å². The minimum absolute atomic E-state index is 0.0775. The van der Waals surface area contributed by atoms with Crippen molar-refractivity contribution in [3.63, 3.8) is 0 Å². The third kappa shape index (κ3) is 3.91. The number of morpholine rings is 1. The van der Waals surface area contributed by atoms with Crippen LogP contribution in [0.1, 0.15) is 20.8 Å². The zero-order chi connectivity index (χ0) is 11.5. The summed E-state index contributed by atoms with van der Waals surface area (Å²) in [6, 6.07) is 0. The normalized spacial score (nSPS) is 22.3. The highest BCUT2D eigenvalue weighted by Crippen LogP contribution is 2.13. The molecule has 1 heterocycles. The van der Waals surface area contributed by atoms with Crippen LogP contribution in [0, 0.1) is 0 Å². The van der Waals surface area contributed by atoms with Gasteiger partial charge in [-0.2, -0.15) is 0 Å². The van der Waals surface area contributed by atoms with Gasteiger partial charge in [0, 0.05) is 6.54 Å². The second-order valence-corrected chi connectivity index (χ2v) is 4.57. The van der Waals surface area contributed by atoms with Gasteiger partial charge in [0.1, 0.15) is 5.60 Å². The topological polar surface area (TPSA) is 38.8 Å². The first-order valence-corrected chi connectivity index (χ1v) is 5.14. The monoisotopic (exact) mass is 213 g/mol. The molecule has 1 fully saturated rings. The van der Waals surface area contributed by atoms with Gasteiger partial charge in [0.25, 0.3) is 0 Å². The van der Waals surface area contributed by atoms with Crippen LogP contribution in [-0.4, -0.2) is 42.4 Å². The number of rotatable bonds is 1. The summed E-state index contributed by atoms with van der Waals surface area (Å²) in [7, 11) is 0. The van der Waals surface area contributed by atoms with Crippen LogP contribution in [0.25, 0.3) is 0 Å². The zero-order valence-corrected chi connectivity index (χ0v) is 9.66. The van der Waals surface area contributed by atoms with E-state index in [9.17, 15) is 4.79 Å². The fourth-order valence-corrected chi connectivity index (χ4v) is 1.31. The summed E-state index contributed by atoms with van der Waals surface area (Å²) in [4.78, 5) is 13.3. The van der Waals surface area contributed by atoms with Crippen LogP contribution >= 0.6 is 0 Å². The minimum Gasteiger partial charge on any atom is -0.444 e. The van der Waals surface area contributed by atoms with Crippen LogP contribution in [0.2, 0.25) is 0 Å². The van der Waals surface area contributed by atoms with Gasteiger partial charge in [-0.05, 0) is 20.8 Å². The Kier molecular flexibility index (Phi) is 3.74. The van der Waals surface area contributed by atoms with E-state index in [1.165, 1.54) is 0 Å².